The Morgan fingerprint density at radius 1 is 1.07 bits per heavy atom. The van der Waals surface area contributed by atoms with E-state index in [4.69, 9.17) is 9.47 Å². The molecule has 0 spiro atoms. The van der Waals surface area contributed by atoms with Gasteiger partial charge in [0.15, 0.2) is 0 Å². The first-order valence-corrected chi connectivity index (χ1v) is 8.67. The van der Waals surface area contributed by atoms with Gasteiger partial charge in [0, 0.05) is 17.2 Å². The van der Waals surface area contributed by atoms with Crippen molar-refractivity contribution in [3.05, 3.63) is 65.7 Å². The average molecular weight is 400 g/mol. The highest BCUT2D eigenvalue weighted by Gasteiger charge is 2.48. The molecule has 0 saturated carbocycles. The van der Waals surface area contributed by atoms with E-state index in [1.54, 1.807) is 6.07 Å². The average Bonchev–Trinajstić information content (AvgIpc) is 2.70. The van der Waals surface area contributed by atoms with E-state index in [-0.39, 0.29) is 11.3 Å². The molecular formula is C22H15F3O4. The van der Waals surface area contributed by atoms with Gasteiger partial charge in [-0.05, 0) is 34.5 Å². The van der Waals surface area contributed by atoms with Gasteiger partial charge in [0.25, 0.3) is 0 Å². The second kappa shape index (κ2) is 6.84. The molecule has 4 nitrogen and oxygen atoms in total. The number of fused-ring (bicyclic) bond motifs is 2. The standard InChI is InChI=1S/C22H15F3O4/c1-28-19-11-18-15(10-17(21(26)27)20(29-18)22(23,24)25)9-16(19)14-7-6-12-4-2-3-5-13(12)8-14/h2-11,20H,1H3,(H,26,27). The second-order valence-corrected chi connectivity index (χ2v) is 6.60. The quantitative estimate of drug-likeness (QED) is 0.648. The summed E-state index contributed by atoms with van der Waals surface area (Å²) in [5, 5.41) is 11.3. The lowest BCUT2D eigenvalue weighted by Gasteiger charge is -2.27. The molecule has 29 heavy (non-hydrogen) atoms. The van der Waals surface area contributed by atoms with Crippen molar-refractivity contribution in [3.63, 3.8) is 0 Å². The first kappa shape index (κ1) is 18.9. The third kappa shape index (κ3) is 3.40. The van der Waals surface area contributed by atoms with Crippen LogP contribution in [0.15, 0.2) is 60.2 Å². The van der Waals surface area contributed by atoms with Crippen molar-refractivity contribution in [2.75, 3.05) is 7.11 Å². The molecule has 1 N–H and O–H groups in total. The van der Waals surface area contributed by atoms with E-state index in [2.05, 4.69) is 0 Å². The molecule has 3 aromatic carbocycles. The van der Waals surface area contributed by atoms with Crippen LogP contribution in [-0.2, 0) is 4.79 Å². The fraction of sp³-hybridized carbons (Fsp3) is 0.136. The normalized spacial score (nSPS) is 16.0. The van der Waals surface area contributed by atoms with Gasteiger partial charge in [-0.3, -0.25) is 0 Å². The number of hydrogen-bond donors (Lipinski definition) is 1. The first-order valence-electron chi connectivity index (χ1n) is 8.67. The third-order valence-corrected chi connectivity index (χ3v) is 4.77. The molecule has 0 radical (unpaired) electrons. The summed E-state index contributed by atoms with van der Waals surface area (Å²) >= 11 is 0. The molecule has 0 aromatic heterocycles. The minimum absolute atomic E-state index is 0.0845. The van der Waals surface area contributed by atoms with Crippen molar-refractivity contribution in [1.29, 1.82) is 0 Å². The minimum atomic E-state index is -4.85. The van der Waals surface area contributed by atoms with Crippen LogP contribution in [0.2, 0.25) is 0 Å². The van der Waals surface area contributed by atoms with Crippen molar-refractivity contribution in [2.24, 2.45) is 0 Å². The smallest absolute Gasteiger partial charge is 0.430 e. The third-order valence-electron chi connectivity index (χ3n) is 4.77. The molecule has 0 aliphatic carbocycles. The number of aliphatic carboxylic acids is 1. The predicted octanol–water partition coefficient (Wildman–Crippen LogP) is 5.31. The zero-order valence-corrected chi connectivity index (χ0v) is 15.2. The number of alkyl halides is 3. The van der Waals surface area contributed by atoms with Gasteiger partial charge in [0.05, 0.1) is 12.7 Å². The molecule has 1 aliphatic heterocycles. The fourth-order valence-electron chi connectivity index (χ4n) is 3.39. The number of methoxy groups -OCH3 is 1. The fourth-order valence-corrected chi connectivity index (χ4v) is 3.39. The molecule has 1 atom stereocenters. The van der Waals surface area contributed by atoms with Gasteiger partial charge in [-0.2, -0.15) is 13.2 Å². The van der Waals surface area contributed by atoms with Crippen molar-refractivity contribution < 1.29 is 32.5 Å². The van der Waals surface area contributed by atoms with E-state index in [9.17, 15) is 23.1 Å². The number of carbonyl (C=O) groups is 1. The summed E-state index contributed by atoms with van der Waals surface area (Å²) in [6, 6.07) is 16.4. The Morgan fingerprint density at radius 2 is 1.79 bits per heavy atom. The zero-order valence-electron chi connectivity index (χ0n) is 15.2. The number of rotatable bonds is 3. The summed E-state index contributed by atoms with van der Waals surface area (Å²) in [5.41, 5.74) is 0.783. The van der Waals surface area contributed by atoms with Crippen LogP contribution in [0.5, 0.6) is 11.5 Å². The maximum Gasteiger partial charge on any atom is 0.430 e. The van der Waals surface area contributed by atoms with Gasteiger partial charge in [0.2, 0.25) is 6.10 Å². The lowest BCUT2D eigenvalue weighted by atomic mass is 9.95. The van der Waals surface area contributed by atoms with Crippen molar-refractivity contribution >= 4 is 22.8 Å². The predicted molar refractivity (Wildman–Crippen MR) is 102 cm³/mol. The van der Waals surface area contributed by atoms with E-state index in [1.165, 1.54) is 13.2 Å². The molecule has 0 bridgehead atoms. The van der Waals surface area contributed by atoms with Crippen LogP contribution in [0.4, 0.5) is 13.2 Å². The molecule has 0 amide bonds. The summed E-state index contributed by atoms with van der Waals surface area (Å²) in [6.45, 7) is 0. The Balaban J connectivity index is 1.88. The Hall–Kier alpha value is -3.48. The molecule has 1 aliphatic rings. The van der Waals surface area contributed by atoms with Gasteiger partial charge >= 0.3 is 12.1 Å². The number of carboxylic acids is 1. The summed E-state index contributed by atoms with van der Waals surface area (Å²) in [5.74, 6) is -1.44. The number of hydrogen-bond acceptors (Lipinski definition) is 3. The topological polar surface area (TPSA) is 55.8 Å². The lowest BCUT2D eigenvalue weighted by Crippen LogP contribution is -2.40. The van der Waals surface area contributed by atoms with E-state index in [1.807, 2.05) is 42.5 Å². The van der Waals surface area contributed by atoms with Crippen LogP contribution < -0.4 is 9.47 Å². The van der Waals surface area contributed by atoms with Crippen LogP contribution >= 0.6 is 0 Å². The Labute approximate surface area is 163 Å². The van der Waals surface area contributed by atoms with E-state index >= 15 is 0 Å². The molecule has 0 fully saturated rings. The Bertz CT molecular complexity index is 1150. The number of benzene rings is 3. The van der Waals surface area contributed by atoms with Gasteiger partial charge in [-0.1, -0.05) is 36.4 Å². The van der Waals surface area contributed by atoms with Crippen LogP contribution in [0.3, 0.4) is 0 Å². The maximum atomic E-state index is 13.3. The highest BCUT2D eigenvalue weighted by molar-refractivity contribution is 5.96. The van der Waals surface area contributed by atoms with Gasteiger partial charge in [-0.25, -0.2) is 4.79 Å². The highest BCUT2D eigenvalue weighted by atomic mass is 19.4. The molecule has 3 aromatic rings. The molecule has 1 heterocycles. The monoisotopic (exact) mass is 400 g/mol. The Morgan fingerprint density at radius 3 is 2.45 bits per heavy atom. The molecule has 0 saturated heterocycles. The second-order valence-electron chi connectivity index (χ2n) is 6.60. The van der Waals surface area contributed by atoms with E-state index in [0.29, 0.717) is 11.3 Å². The van der Waals surface area contributed by atoms with Gasteiger partial charge in [0.1, 0.15) is 11.5 Å². The lowest BCUT2D eigenvalue weighted by molar-refractivity contribution is -0.187. The van der Waals surface area contributed by atoms with Crippen LogP contribution in [-0.4, -0.2) is 30.5 Å². The SMILES string of the molecule is COc1cc2c(cc1-c1ccc3ccccc3c1)C=C(C(=O)O)C(C(F)(F)F)O2. The number of carboxylic acid groups (broad SMARTS) is 1. The van der Waals surface area contributed by atoms with Crippen molar-refractivity contribution in [3.8, 4) is 22.6 Å². The number of ether oxygens (including phenoxy) is 2. The van der Waals surface area contributed by atoms with Crippen molar-refractivity contribution in [2.45, 2.75) is 12.3 Å². The van der Waals surface area contributed by atoms with Gasteiger partial charge in [-0.15, -0.1) is 0 Å². The first-order chi connectivity index (χ1) is 13.8. The van der Waals surface area contributed by atoms with Crippen LogP contribution in [0.1, 0.15) is 5.56 Å². The molecular weight excluding hydrogens is 385 g/mol. The zero-order chi connectivity index (χ0) is 20.8. The molecule has 1 unspecified atom stereocenters. The summed E-state index contributed by atoms with van der Waals surface area (Å²) in [6.07, 6.45) is -6.39. The van der Waals surface area contributed by atoms with Crippen LogP contribution in [0, 0.1) is 0 Å². The summed E-state index contributed by atoms with van der Waals surface area (Å²) < 4.78 is 50.2. The number of halogens is 3. The Kier molecular flexibility index (Phi) is 4.45. The largest absolute Gasteiger partial charge is 0.496 e. The minimum Gasteiger partial charge on any atom is -0.496 e. The maximum absolute atomic E-state index is 13.3. The molecule has 148 valence electrons. The summed E-state index contributed by atoms with van der Waals surface area (Å²) in [7, 11) is 1.41. The summed E-state index contributed by atoms with van der Waals surface area (Å²) in [4.78, 5) is 11.4. The highest BCUT2D eigenvalue weighted by Crippen LogP contribution is 2.43. The van der Waals surface area contributed by atoms with Crippen LogP contribution in [0.25, 0.3) is 28.0 Å². The van der Waals surface area contributed by atoms with E-state index < -0.39 is 23.8 Å². The molecule has 4 rings (SSSR count). The van der Waals surface area contributed by atoms with Gasteiger partial charge < -0.3 is 14.6 Å². The van der Waals surface area contributed by atoms with E-state index in [0.717, 1.165) is 22.4 Å². The van der Waals surface area contributed by atoms with Crippen molar-refractivity contribution in [1.82, 2.24) is 0 Å². The molecule has 7 heteroatoms.